The van der Waals surface area contributed by atoms with Crippen molar-refractivity contribution in [2.24, 2.45) is 11.8 Å². The zero-order valence-electron chi connectivity index (χ0n) is 14.1. The summed E-state index contributed by atoms with van der Waals surface area (Å²) >= 11 is 0. The smallest absolute Gasteiger partial charge is 0.241 e. The van der Waals surface area contributed by atoms with Gasteiger partial charge in [-0.05, 0) is 43.2 Å². The molecule has 0 aliphatic heterocycles. The molecule has 132 valence electrons. The van der Waals surface area contributed by atoms with Crippen molar-refractivity contribution >= 4 is 21.6 Å². The van der Waals surface area contributed by atoms with Gasteiger partial charge < -0.3 is 10.1 Å². The van der Waals surface area contributed by atoms with E-state index in [1.54, 1.807) is 24.3 Å². The van der Waals surface area contributed by atoms with Gasteiger partial charge in [0.2, 0.25) is 15.9 Å². The van der Waals surface area contributed by atoms with Crippen molar-refractivity contribution in [3.05, 3.63) is 24.3 Å². The lowest BCUT2D eigenvalue weighted by Crippen LogP contribution is -2.45. The van der Waals surface area contributed by atoms with Crippen molar-refractivity contribution < 1.29 is 17.9 Å². The highest BCUT2D eigenvalue weighted by molar-refractivity contribution is 7.92. The van der Waals surface area contributed by atoms with Gasteiger partial charge in [0.1, 0.15) is 12.3 Å². The second-order valence-corrected chi connectivity index (χ2v) is 8.70. The highest BCUT2D eigenvalue weighted by Gasteiger charge is 2.40. The number of nitrogens with one attached hydrogen (secondary N) is 1. The van der Waals surface area contributed by atoms with E-state index in [1.165, 1.54) is 20.0 Å². The summed E-state index contributed by atoms with van der Waals surface area (Å²) in [6, 6.07) is 7.00. The van der Waals surface area contributed by atoms with Crippen LogP contribution in [0.4, 0.5) is 5.69 Å². The van der Waals surface area contributed by atoms with Crippen molar-refractivity contribution in [3.63, 3.8) is 0 Å². The normalized spacial score (nSPS) is 25.5. The molecular weight excluding hydrogens is 328 g/mol. The second kappa shape index (κ2) is 6.63. The molecule has 1 aromatic rings. The minimum absolute atomic E-state index is 0.190. The highest BCUT2D eigenvalue weighted by atomic mass is 32.2. The molecule has 3 rings (SSSR count). The predicted molar refractivity (Wildman–Crippen MR) is 92.6 cm³/mol. The van der Waals surface area contributed by atoms with Crippen molar-refractivity contribution in [1.29, 1.82) is 0 Å². The Balaban J connectivity index is 1.74. The molecule has 0 radical (unpaired) electrons. The minimum Gasteiger partial charge on any atom is -0.495 e. The predicted octanol–water partition coefficient (Wildman–Crippen LogP) is 1.77. The number of para-hydroxylation sites is 2. The summed E-state index contributed by atoms with van der Waals surface area (Å²) in [5.74, 6) is 1.44. The molecule has 2 aliphatic carbocycles. The maximum atomic E-state index is 12.4. The number of hydrogen-bond donors (Lipinski definition) is 1. The fourth-order valence-corrected chi connectivity index (χ4v) is 4.88. The Hall–Kier alpha value is -1.76. The largest absolute Gasteiger partial charge is 0.495 e. The maximum absolute atomic E-state index is 12.4. The van der Waals surface area contributed by atoms with E-state index in [0.29, 0.717) is 17.4 Å². The van der Waals surface area contributed by atoms with Gasteiger partial charge in [0.15, 0.2) is 0 Å². The van der Waals surface area contributed by atoms with Gasteiger partial charge in [0, 0.05) is 6.04 Å². The average molecular weight is 352 g/mol. The van der Waals surface area contributed by atoms with Crippen LogP contribution in [0.15, 0.2) is 24.3 Å². The molecular formula is C17H24N2O4S. The molecule has 0 unspecified atom stereocenters. The van der Waals surface area contributed by atoms with Gasteiger partial charge in [0.05, 0.1) is 19.1 Å². The van der Waals surface area contributed by atoms with Crippen LogP contribution in [-0.2, 0) is 14.8 Å². The number of methoxy groups -OCH3 is 1. The minimum atomic E-state index is -3.60. The Morgan fingerprint density at radius 2 is 2.04 bits per heavy atom. The SMILES string of the molecule is COc1ccccc1N(CC(=O)N[C@@H]1C[C@H]2CC[C@@H]1C2)S(C)(=O)=O. The number of sulfonamides is 1. The molecule has 6 nitrogen and oxygen atoms in total. The van der Waals surface area contributed by atoms with Crippen LogP contribution in [0.1, 0.15) is 25.7 Å². The third-order valence-corrected chi connectivity index (χ3v) is 6.25. The van der Waals surface area contributed by atoms with Crippen molar-refractivity contribution in [2.45, 2.75) is 31.7 Å². The van der Waals surface area contributed by atoms with Crippen LogP contribution < -0.4 is 14.4 Å². The lowest BCUT2D eigenvalue weighted by Gasteiger charge is -2.27. The number of rotatable bonds is 6. The average Bonchev–Trinajstić information content (AvgIpc) is 3.14. The van der Waals surface area contributed by atoms with Crippen LogP contribution in [0.25, 0.3) is 0 Å². The Labute approximate surface area is 143 Å². The Morgan fingerprint density at radius 1 is 1.29 bits per heavy atom. The van der Waals surface area contributed by atoms with Crippen LogP contribution in [0.2, 0.25) is 0 Å². The number of fused-ring (bicyclic) bond motifs is 2. The number of amides is 1. The number of hydrogen-bond acceptors (Lipinski definition) is 4. The third kappa shape index (κ3) is 3.50. The first-order valence-corrected chi connectivity index (χ1v) is 10.1. The fraction of sp³-hybridized carbons (Fsp3) is 0.588. The van der Waals surface area contributed by atoms with Crippen LogP contribution in [0.3, 0.4) is 0 Å². The number of carbonyl (C=O) groups is 1. The molecule has 3 atom stereocenters. The summed E-state index contributed by atoms with van der Waals surface area (Å²) < 4.78 is 30.7. The monoisotopic (exact) mass is 352 g/mol. The van der Waals surface area contributed by atoms with Gasteiger partial charge >= 0.3 is 0 Å². The molecule has 0 saturated heterocycles. The highest BCUT2D eigenvalue weighted by Crippen LogP contribution is 2.44. The standard InChI is InChI=1S/C17H24N2O4S/c1-23-16-6-4-3-5-15(16)19(24(2,21)22)11-17(20)18-14-10-12-7-8-13(14)9-12/h3-6,12-14H,7-11H2,1-2H3,(H,18,20)/t12-,13+,14+/m0/s1. The molecule has 2 saturated carbocycles. The summed E-state index contributed by atoms with van der Waals surface area (Å²) in [5.41, 5.74) is 0.380. The van der Waals surface area contributed by atoms with Gasteiger partial charge in [-0.3, -0.25) is 9.10 Å². The summed E-state index contributed by atoms with van der Waals surface area (Å²) in [6.45, 7) is -0.229. The van der Waals surface area contributed by atoms with E-state index in [1.807, 2.05) is 0 Å². The first-order chi connectivity index (χ1) is 11.4. The molecule has 0 aromatic heterocycles. The van der Waals surface area contributed by atoms with E-state index in [4.69, 9.17) is 4.74 Å². The Kier molecular flexibility index (Phi) is 4.71. The third-order valence-electron chi connectivity index (χ3n) is 5.13. The second-order valence-electron chi connectivity index (χ2n) is 6.79. The van der Waals surface area contributed by atoms with Crippen LogP contribution in [0, 0.1) is 11.8 Å². The topological polar surface area (TPSA) is 75.7 Å². The number of nitrogens with zero attached hydrogens (tertiary/aromatic N) is 1. The first kappa shape index (κ1) is 17.1. The lowest BCUT2D eigenvalue weighted by molar-refractivity contribution is -0.120. The summed E-state index contributed by atoms with van der Waals surface area (Å²) in [5, 5.41) is 3.03. The summed E-state index contributed by atoms with van der Waals surface area (Å²) in [7, 11) is -2.12. The number of ether oxygens (including phenoxy) is 1. The quantitative estimate of drug-likeness (QED) is 0.846. The fourth-order valence-electron chi connectivity index (χ4n) is 4.02. The maximum Gasteiger partial charge on any atom is 0.241 e. The van der Waals surface area contributed by atoms with Crippen LogP contribution >= 0.6 is 0 Å². The van der Waals surface area contributed by atoms with E-state index < -0.39 is 10.0 Å². The van der Waals surface area contributed by atoms with Gasteiger partial charge in [-0.1, -0.05) is 18.6 Å². The van der Waals surface area contributed by atoms with E-state index in [-0.39, 0.29) is 18.5 Å². The van der Waals surface area contributed by atoms with E-state index in [9.17, 15) is 13.2 Å². The van der Waals surface area contributed by atoms with E-state index in [0.717, 1.165) is 29.3 Å². The lowest BCUT2D eigenvalue weighted by atomic mass is 9.95. The first-order valence-electron chi connectivity index (χ1n) is 8.28. The number of carbonyl (C=O) groups excluding carboxylic acids is 1. The van der Waals surface area contributed by atoms with Crippen molar-refractivity contribution in [1.82, 2.24) is 5.32 Å². The van der Waals surface area contributed by atoms with Crippen LogP contribution in [0.5, 0.6) is 5.75 Å². The van der Waals surface area contributed by atoms with Crippen LogP contribution in [-0.4, -0.2) is 40.3 Å². The molecule has 1 N–H and O–H groups in total. The molecule has 24 heavy (non-hydrogen) atoms. The van der Waals surface area contributed by atoms with Gasteiger partial charge in [-0.2, -0.15) is 0 Å². The zero-order chi connectivity index (χ0) is 17.3. The molecule has 2 bridgehead atoms. The molecule has 0 spiro atoms. The van der Waals surface area contributed by atoms with E-state index >= 15 is 0 Å². The molecule has 1 aromatic carbocycles. The Bertz CT molecular complexity index is 719. The molecule has 1 amide bonds. The molecule has 7 heteroatoms. The summed E-state index contributed by atoms with van der Waals surface area (Å²) in [6.07, 6.45) is 5.73. The van der Waals surface area contributed by atoms with Crippen molar-refractivity contribution in [3.8, 4) is 5.75 Å². The zero-order valence-corrected chi connectivity index (χ0v) is 14.9. The van der Waals surface area contributed by atoms with Gasteiger partial charge in [-0.25, -0.2) is 8.42 Å². The number of benzene rings is 1. The molecule has 2 fully saturated rings. The Morgan fingerprint density at radius 3 is 2.62 bits per heavy atom. The molecule has 0 heterocycles. The van der Waals surface area contributed by atoms with Crippen molar-refractivity contribution in [2.75, 3.05) is 24.2 Å². The van der Waals surface area contributed by atoms with E-state index in [2.05, 4.69) is 5.32 Å². The van der Waals surface area contributed by atoms with Gasteiger partial charge in [-0.15, -0.1) is 0 Å². The van der Waals surface area contributed by atoms with Gasteiger partial charge in [0.25, 0.3) is 0 Å². The summed E-state index contributed by atoms with van der Waals surface area (Å²) in [4.78, 5) is 12.4. The molecule has 2 aliphatic rings. The number of anilines is 1.